The summed E-state index contributed by atoms with van der Waals surface area (Å²) in [4.78, 5) is 27.7. The second kappa shape index (κ2) is 10.3. The summed E-state index contributed by atoms with van der Waals surface area (Å²) in [7, 11) is -3.74. The SMILES string of the molecule is C#CC(C(=O)Oc1c(CC)nc(-c2ccccc2)c(C)c1-c1ccc(F)cc1)(C(C)O)[PH](=O)O. The third kappa shape index (κ3) is 4.53. The van der Waals surface area contributed by atoms with Gasteiger partial charge < -0.3 is 14.7 Å². The summed E-state index contributed by atoms with van der Waals surface area (Å²) < 4.78 is 31.5. The molecule has 0 aliphatic heterocycles. The number of hydrogen-bond donors (Lipinski definition) is 2. The van der Waals surface area contributed by atoms with Crippen LogP contribution in [0.3, 0.4) is 0 Å². The van der Waals surface area contributed by atoms with Gasteiger partial charge in [0.05, 0.1) is 17.5 Å². The van der Waals surface area contributed by atoms with Crippen LogP contribution in [0.5, 0.6) is 5.75 Å². The van der Waals surface area contributed by atoms with Gasteiger partial charge in [0.15, 0.2) is 5.75 Å². The van der Waals surface area contributed by atoms with Crippen molar-refractivity contribution in [3.05, 3.63) is 71.7 Å². The Hall–Kier alpha value is -3.30. The van der Waals surface area contributed by atoms with Crippen LogP contribution < -0.4 is 4.74 Å². The highest BCUT2D eigenvalue weighted by atomic mass is 31.1. The fraction of sp³-hybridized carbons (Fsp3) is 0.231. The summed E-state index contributed by atoms with van der Waals surface area (Å²) in [5.41, 5.74) is 3.54. The van der Waals surface area contributed by atoms with Crippen molar-refractivity contribution in [3.63, 3.8) is 0 Å². The number of hydrogen-bond acceptors (Lipinski definition) is 5. The third-order valence-electron chi connectivity index (χ3n) is 5.69. The molecule has 3 aromatic rings. The topological polar surface area (TPSA) is 96.7 Å². The molecular weight excluding hydrogens is 456 g/mol. The molecule has 0 radical (unpaired) electrons. The van der Waals surface area contributed by atoms with Gasteiger partial charge in [0, 0.05) is 11.1 Å². The molecular formula is C26H25FNO5P. The molecule has 34 heavy (non-hydrogen) atoms. The molecule has 0 amide bonds. The number of nitrogens with zero attached hydrogens (tertiary/aromatic N) is 1. The van der Waals surface area contributed by atoms with Gasteiger partial charge in [0.1, 0.15) is 5.82 Å². The molecule has 0 aliphatic rings. The second-order valence-electron chi connectivity index (χ2n) is 7.79. The fourth-order valence-electron chi connectivity index (χ4n) is 3.74. The van der Waals surface area contributed by atoms with E-state index in [9.17, 15) is 23.7 Å². The van der Waals surface area contributed by atoms with Gasteiger partial charge in [-0.2, -0.15) is 0 Å². The van der Waals surface area contributed by atoms with Gasteiger partial charge in [0.2, 0.25) is 13.2 Å². The zero-order chi connectivity index (χ0) is 25.0. The van der Waals surface area contributed by atoms with Crippen LogP contribution in [-0.4, -0.2) is 32.2 Å². The lowest BCUT2D eigenvalue weighted by Gasteiger charge is -2.27. The first-order valence-electron chi connectivity index (χ1n) is 10.6. The summed E-state index contributed by atoms with van der Waals surface area (Å²) in [6.07, 6.45) is 4.14. The second-order valence-corrected chi connectivity index (χ2v) is 9.18. The number of benzene rings is 2. The van der Waals surface area contributed by atoms with Crippen LogP contribution in [0.4, 0.5) is 4.39 Å². The Morgan fingerprint density at radius 3 is 2.32 bits per heavy atom. The Kier molecular flexibility index (Phi) is 7.68. The molecule has 0 saturated carbocycles. The molecule has 0 spiro atoms. The average Bonchev–Trinajstić information content (AvgIpc) is 2.81. The number of carbonyl (C=O) groups excluding carboxylic acids is 1. The van der Waals surface area contributed by atoms with Crippen LogP contribution in [0, 0.1) is 25.1 Å². The monoisotopic (exact) mass is 481 g/mol. The number of rotatable bonds is 7. The Balaban J connectivity index is 2.31. The largest absolute Gasteiger partial charge is 0.422 e. The molecule has 176 valence electrons. The van der Waals surface area contributed by atoms with E-state index < -0.39 is 31.1 Å². The smallest absolute Gasteiger partial charge is 0.342 e. The molecule has 1 heterocycles. The third-order valence-corrected chi connectivity index (χ3v) is 7.13. The van der Waals surface area contributed by atoms with Gasteiger partial charge in [-0.05, 0) is 43.5 Å². The number of ether oxygens (including phenoxy) is 1. The first kappa shape index (κ1) is 25.3. The van der Waals surface area contributed by atoms with E-state index in [-0.39, 0.29) is 5.75 Å². The fourth-order valence-corrected chi connectivity index (χ4v) is 4.45. The van der Waals surface area contributed by atoms with Crippen molar-refractivity contribution >= 4 is 14.0 Å². The summed E-state index contributed by atoms with van der Waals surface area (Å²) in [5.74, 6) is 0.349. The zero-order valence-corrected chi connectivity index (χ0v) is 20.0. The maximum Gasteiger partial charge on any atom is 0.342 e. The minimum atomic E-state index is -3.74. The highest BCUT2D eigenvalue weighted by molar-refractivity contribution is 7.42. The molecule has 3 rings (SSSR count). The molecule has 8 heteroatoms. The molecule has 0 fully saturated rings. The average molecular weight is 481 g/mol. The van der Waals surface area contributed by atoms with Gasteiger partial charge in [-0.3, -0.25) is 4.57 Å². The van der Waals surface area contributed by atoms with Crippen molar-refractivity contribution in [1.82, 2.24) is 4.98 Å². The molecule has 0 aliphatic carbocycles. The van der Waals surface area contributed by atoms with Crippen LogP contribution in [0.15, 0.2) is 54.6 Å². The minimum Gasteiger partial charge on any atom is -0.422 e. The summed E-state index contributed by atoms with van der Waals surface area (Å²) in [6, 6.07) is 15.1. The molecule has 0 bridgehead atoms. The van der Waals surface area contributed by atoms with Crippen molar-refractivity contribution in [2.24, 2.45) is 0 Å². The van der Waals surface area contributed by atoms with Crippen molar-refractivity contribution < 1.29 is 28.5 Å². The minimum absolute atomic E-state index is 0.0415. The van der Waals surface area contributed by atoms with Gasteiger partial charge in [-0.25, -0.2) is 14.2 Å². The lowest BCUT2D eigenvalue weighted by molar-refractivity contribution is -0.138. The molecule has 3 atom stereocenters. The molecule has 0 saturated heterocycles. The first-order chi connectivity index (χ1) is 16.2. The van der Waals surface area contributed by atoms with E-state index in [2.05, 4.69) is 0 Å². The van der Waals surface area contributed by atoms with Gasteiger partial charge in [-0.15, -0.1) is 6.42 Å². The van der Waals surface area contributed by atoms with E-state index in [1.807, 2.05) is 43.2 Å². The predicted octanol–water partition coefficient (Wildman–Crippen LogP) is 4.55. The van der Waals surface area contributed by atoms with Crippen molar-refractivity contribution in [3.8, 4) is 40.5 Å². The maximum absolute atomic E-state index is 13.7. The predicted molar refractivity (Wildman–Crippen MR) is 129 cm³/mol. The van der Waals surface area contributed by atoms with Crippen LogP contribution in [0.25, 0.3) is 22.4 Å². The number of aliphatic hydroxyl groups is 1. The highest BCUT2D eigenvalue weighted by Crippen LogP contribution is 2.44. The van der Waals surface area contributed by atoms with Crippen molar-refractivity contribution in [2.75, 3.05) is 0 Å². The number of pyridine rings is 1. The van der Waals surface area contributed by atoms with Gasteiger partial charge >= 0.3 is 5.97 Å². The standard InChI is InChI=1S/C26H25FNO5P/c1-5-21-24(33-25(30)26(6-2,17(4)29)34(31)32)22(18-12-14-20(27)15-13-18)16(3)23(28-21)19-10-8-7-9-11-19/h2,7-15,17,29,34H,5H2,1,3-4H3,(H,31,32). The number of esters is 1. The van der Waals surface area contributed by atoms with E-state index in [1.165, 1.54) is 12.1 Å². The quantitative estimate of drug-likeness (QED) is 0.292. The number of aromatic nitrogens is 1. The molecule has 6 nitrogen and oxygen atoms in total. The number of halogens is 1. The lowest BCUT2D eigenvalue weighted by atomic mass is 9.94. The number of carbonyl (C=O) groups is 1. The molecule has 2 N–H and O–H groups in total. The Morgan fingerprint density at radius 1 is 1.21 bits per heavy atom. The number of aryl methyl sites for hydroxylation is 1. The Labute approximate surface area is 198 Å². The van der Waals surface area contributed by atoms with Gasteiger partial charge in [-0.1, -0.05) is 55.3 Å². The molecule has 1 aromatic heterocycles. The van der Waals surface area contributed by atoms with Crippen LogP contribution >= 0.6 is 8.03 Å². The van der Waals surface area contributed by atoms with E-state index in [1.54, 1.807) is 19.1 Å². The van der Waals surface area contributed by atoms with Crippen LogP contribution in [0.1, 0.15) is 25.1 Å². The van der Waals surface area contributed by atoms with Gasteiger partial charge in [0.25, 0.3) is 0 Å². The lowest BCUT2D eigenvalue weighted by Crippen LogP contribution is -2.46. The Bertz CT molecular complexity index is 1270. The van der Waals surface area contributed by atoms with E-state index >= 15 is 0 Å². The molecule has 2 aromatic carbocycles. The molecule has 3 unspecified atom stereocenters. The van der Waals surface area contributed by atoms with Crippen LogP contribution in [0.2, 0.25) is 0 Å². The number of aliphatic hydroxyl groups excluding tert-OH is 1. The normalized spacial score (nSPS) is 14.5. The van der Waals surface area contributed by atoms with E-state index in [4.69, 9.17) is 16.1 Å². The summed E-state index contributed by atoms with van der Waals surface area (Å²) in [6.45, 7) is 4.77. The van der Waals surface area contributed by atoms with Crippen molar-refractivity contribution in [2.45, 2.75) is 38.5 Å². The van der Waals surface area contributed by atoms with E-state index in [0.29, 0.717) is 34.5 Å². The first-order valence-corrected chi connectivity index (χ1v) is 12.0. The van der Waals surface area contributed by atoms with Crippen molar-refractivity contribution in [1.29, 1.82) is 0 Å². The zero-order valence-electron chi connectivity index (χ0n) is 19.0. The maximum atomic E-state index is 13.7. The van der Waals surface area contributed by atoms with E-state index in [0.717, 1.165) is 12.5 Å². The van der Waals surface area contributed by atoms with Crippen LogP contribution in [-0.2, 0) is 15.8 Å². The number of terminal acetylenes is 1. The summed E-state index contributed by atoms with van der Waals surface area (Å²) in [5, 5.41) is 7.71. The Morgan fingerprint density at radius 2 is 1.82 bits per heavy atom. The summed E-state index contributed by atoms with van der Waals surface area (Å²) >= 11 is 0. The highest BCUT2D eigenvalue weighted by Gasteiger charge is 2.49.